The third-order valence-electron chi connectivity index (χ3n) is 3.11. The number of ether oxygens (including phenoxy) is 2. The van der Waals surface area contributed by atoms with Crippen LogP contribution >= 0.6 is 0 Å². The number of hydrogen-bond acceptors (Lipinski definition) is 4. The first-order valence-corrected chi connectivity index (χ1v) is 6.41. The number of carbonyl (C=O) groups is 1. The van der Waals surface area contributed by atoms with Crippen molar-refractivity contribution in [3.8, 4) is 11.5 Å². The molecule has 1 aromatic rings. The van der Waals surface area contributed by atoms with E-state index in [0.29, 0.717) is 13.1 Å². The van der Waals surface area contributed by atoms with Gasteiger partial charge in [-0.25, -0.2) is 0 Å². The average Bonchev–Trinajstić information content (AvgIpc) is 2.74. The highest BCUT2D eigenvalue weighted by Gasteiger charge is 2.21. The van der Waals surface area contributed by atoms with Crippen LogP contribution in [0.5, 0.6) is 11.5 Å². The highest BCUT2D eigenvalue weighted by Crippen LogP contribution is 2.34. The summed E-state index contributed by atoms with van der Waals surface area (Å²) in [5.74, 6) is 1.65. The molecule has 1 amide bonds. The number of fused-ring (bicyclic) bond motifs is 1. The standard InChI is InChI=1S/C14H20N2O3/c1-9-4-10-5-12(18-3)11(6-13(10)19-9)7-16-14(17)8-15-2/h5-6,9,15H,4,7-8H2,1-3H3,(H,16,17). The van der Waals surface area contributed by atoms with Crippen LogP contribution in [-0.4, -0.2) is 32.7 Å². The zero-order chi connectivity index (χ0) is 13.8. The summed E-state index contributed by atoms with van der Waals surface area (Å²) in [5, 5.41) is 5.65. The Hall–Kier alpha value is -1.75. The topological polar surface area (TPSA) is 59.6 Å². The largest absolute Gasteiger partial charge is 0.496 e. The molecule has 1 aliphatic rings. The van der Waals surface area contributed by atoms with E-state index in [-0.39, 0.29) is 12.0 Å². The Morgan fingerprint density at radius 1 is 1.53 bits per heavy atom. The van der Waals surface area contributed by atoms with Gasteiger partial charge >= 0.3 is 0 Å². The second-order valence-corrected chi connectivity index (χ2v) is 4.71. The van der Waals surface area contributed by atoms with Crippen molar-refractivity contribution in [3.05, 3.63) is 23.3 Å². The molecule has 104 valence electrons. The molecule has 0 aromatic heterocycles. The molecule has 2 rings (SSSR count). The van der Waals surface area contributed by atoms with Gasteiger partial charge in [-0.1, -0.05) is 0 Å². The maximum Gasteiger partial charge on any atom is 0.234 e. The van der Waals surface area contributed by atoms with Gasteiger partial charge in [0, 0.05) is 24.1 Å². The van der Waals surface area contributed by atoms with Crippen molar-refractivity contribution < 1.29 is 14.3 Å². The number of carbonyl (C=O) groups excluding carboxylic acids is 1. The lowest BCUT2D eigenvalue weighted by molar-refractivity contribution is -0.120. The lowest BCUT2D eigenvalue weighted by atomic mass is 10.1. The molecule has 19 heavy (non-hydrogen) atoms. The highest BCUT2D eigenvalue weighted by molar-refractivity contribution is 5.78. The fraction of sp³-hybridized carbons (Fsp3) is 0.500. The Bertz CT molecular complexity index is 474. The summed E-state index contributed by atoms with van der Waals surface area (Å²) in [4.78, 5) is 11.5. The van der Waals surface area contributed by atoms with Gasteiger partial charge in [-0.15, -0.1) is 0 Å². The smallest absolute Gasteiger partial charge is 0.234 e. The van der Waals surface area contributed by atoms with Crippen LogP contribution in [0.4, 0.5) is 0 Å². The summed E-state index contributed by atoms with van der Waals surface area (Å²) >= 11 is 0. The van der Waals surface area contributed by atoms with Gasteiger partial charge in [-0.2, -0.15) is 0 Å². The number of nitrogens with one attached hydrogen (secondary N) is 2. The molecule has 0 saturated heterocycles. The summed E-state index contributed by atoms with van der Waals surface area (Å²) in [6.45, 7) is 2.79. The zero-order valence-electron chi connectivity index (χ0n) is 11.6. The number of rotatable bonds is 5. The van der Waals surface area contributed by atoms with Crippen LogP contribution in [0.2, 0.25) is 0 Å². The molecular weight excluding hydrogens is 244 g/mol. The molecule has 1 heterocycles. The first kappa shape index (κ1) is 13.7. The van der Waals surface area contributed by atoms with Crippen LogP contribution in [0.1, 0.15) is 18.1 Å². The maximum atomic E-state index is 11.5. The number of methoxy groups -OCH3 is 1. The first-order valence-electron chi connectivity index (χ1n) is 6.41. The van der Waals surface area contributed by atoms with Gasteiger partial charge in [0.25, 0.3) is 0 Å². The molecule has 1 aliphatic heterocycles. The summed E-state index contributed by atoms with van der Waals surface area (Å²) in [6.07, 6.45) is 1.10. The number of likely N-dealkylation sites (N-methyl/N-ethyl adjacent to an activating group) is 1. The predicted molar refractivity (Wildman–Crippen MR) is 72.6 cm³/mol. The van der Waals surface area contributed by atoms with E-state index in [1.54, 1.807) is 14.2 Å². The molecule has 5 heteroatoms. The Morgan fingerprint density at radius 3 is 3.00 bits per heavy atom. The minimum absolute atomic E-state index is 0.0423. The molecule has 5 nitrogen and oxygen atoms in total. The molecule has 1 unspecified atom stereocenters. The van der Waals surface area contributed by atoms with E-state index in [9.17, 15) is 4.79 Å². The van der Waals surface area contributed by atoms with Crippen LogP contribution in [-0.2, 0) is 17.8 Å². The lowest BCUT2D eigenvalue weighted by Crippen LogP contribution is -2.31. The quantitative estimate of drug-likeness (QED) is 0.828. The number of amides is 1. The lowest BCUT2D eigenvalue weighted by Gasteiger charge is -2.12. The van der Waals surface area contributed by atoms with E-state index in [4.69, 9.17) is 9.47 Å². The summed E-state index contributed by atoms with van der Waals surface area (Å²) in [7, 11) is 3.38. The Labute approximate surface area is 113 Å². The van der Waals surface area contributed by atoms with Gasteiger partial charge in [0.2, 0.25) is 5.91 Å². The van der Waals surface area contributed by atoms with Crippen molar-refractivity contribution in [2.75, 3.05) is 20.7 Å². The minimum atomic E-state index is -0.0423. The molecule has 0 radical (unpaired) electrons. The SMILES string of the molecule is CNCC(=O)NCc1cc2c(cc1OC)CC(C)O2. The van der Waals surface area contributed by atoms with E-state index in [1.807, 2.05) is 19.1 Å². The molecule has 0 spiro atoms. The fourth-order valence-electron chi connectivity index (χ4n) is 2.23. The highest BCUT2D eigenvalue weighted by atomic mass is 16.5. The Morgan fingerprint density at radius 2 is 2.32 bits per heavy atom. The van der Waals surface area contributed by atoms with Gasteiger partial charge in [0.1, 0.15) is 17.6 Å². The second-order valence-electron chi connectivity index (χ2n) is 4.71. The van der Waals surface area contributed by atoms with Crippen LogP contribution in [0.15, 0.2) is 12.1 Å². The van der Waals surface area contributed by atoms with E-state index in [2.05, 4.69) is 10.6 Å². The molecule has 1 aromatic carbocycles. The van der Waals surface area contributed by atoms with Crippen molar-refractivity contribution in [3.63, 3.8) is 0 Å². The molecule has 2 N–H and O–H groups in total. The van der Waals surface area contributed by atoms with Crippen molar-refractivity contribution in [2.24, 2.45) is 0 Å². The minimum Gasteiger partial charge on any atom is -0.496 e. The van der Waals surface area contributed by atoms with Gasteiger partial charge in [-0.05, 0) is 26.1 Å². The molecule has 0 saturated carbocycles. The van der Waals surface area contributed by atoms with Crippen LogP contribution in [0.25, 0.3) is 0 Å². The van der Waals surface area contributed by atoms with E-state index < -0.39 is 0 Å². The molecule has 0 bridgehead atoms. The third-order valence-corrected chi connectivity index (χ3v) is 3.11. The molecular formula is C14H20N2O3. The Kier molecular flexibility index (Phi) is 4.27. The van der Waals surface area contributed by atoms with Crippen LogP contribution in [0.3, 0.4) is 0 Å². The fourth-order valence-corrected chi connectivity index (χ4v) is 2.23. The van der Waals surface area contributed by atoms with Crippen molar-refractivity contribution in [1.82, 2.24) is 10.6 Å². The van der Waals surface area contributed by atoms with Gasteiger partial charge < -0.3 is 20.1 Å². The van der Waals surface area contributed by atoms with Crippen molar-refractivity contribution in [1.29, 1.82) is 0 Å². The van der Waals surface area contributed by atoms with Gasteiger partial charge in [-0.3, -0.25) is 4.79 Å². The Balaban J connectivity index is 2.12. The summed E-state index contributed by atoms with van der Waals surface area (Å²) in [6, 6.07) is 3.95. The van der Waals surface area contributed by atoms with Crippen LogP contribution in [0, 0.1) is 0 Å². The zero-order valence-corrected chi connectivity index (χ0v) is 11.6. The normalized spacial score (nSPS) is 16.7. The second kappa shape index (κ2) is 5.93. The van der Waals surface area contributed by atoms with E-state index in [0.717, 1.165) is 29.0 Å². The van der Waals surface area contributed by atoms with Crippen molar-refractivity contribution in [2.45, 2.75) is 26.0 Å². The van der Waals surface area contributed by atoms with Gasteiger partial charge in [0.15, 0.2) is 0 Å². The molecule has 0 fully saturated rings. The van der Waals surface area contributed by atoms with Gasteiger partial charge in [0.05, 0.1) is 13.7 Å². The third kappa shape index (κ3) is 3.17. The van der Waals surface area contributed by atoms with E-state index in [1.165, 1.54) is 0 Å². The van der Waals surface area contributed by atoms with Crippen molar-refractivity contribution >= 4 is 5.91 Å². The molecule has 1 atom stereocenters. The monoisotopic (exact) mass is 264 g/mol. The summed E-state index contributed by atoms with van der Waals surface area (Å²) in [5.41, 5.74) is 2.09. The summed E-state index contributed by atoms with van der Waals surface area (Å²) < 4.78 is 11.1. The average molecular weight is 264 g/mol. The number of benzene rings is 1. The molecule has 0 aliphatic carbocycles. The van der Waals surface area contributed by atoms with Crippen LogP contribution < -0.4 is 20.1 Å². The first-order chi connectivity index (χ1) is 9.13. The predicted octanol–water partition coefficient (Wildman–Crippen LogP) is 0.854. The number of hydrogen-bond donors (Lipinski definition) is 2. The van der Waals surface area contributed by atoms with E-state index >= 15 is 0 Å². The maximum absolute atomic E-state index is 11.5.